The Morgan fingerprint density at radius 2 is 1.84 bits per heavy atom. The minimum atomic E-state index is -0.527. The molecule has 6 nitrogen and oxygen atoms in total. The number of hydrogen-bond donors (Lipinski definition) is 1. The summed E-state index contributed by atoms with van der Waals surface area (Å²) in [6.07, 6.45) is 4.09. The van der Waals surface area contributed by atoms with E-state index in [1.54, 1.807) is 6.08 Å². The van der Waals surface area contributed by atoms with E-state index < -0.39 is 29.4 Å². The van der Waals surface area contributed by atoms with E-state index in [1.165, 1.54) is 37.1 Å². The number of halogens is 1. The lowest BCUT2D eigenvalue weighted by molar-refractivity contribution is -0.127. The molecule has 2 aromatic rings. The lowest BCUT2D eigenvalue weighted by Gasteiger charge is -2.18. The number of thioether (sulfide) groups is 1. The first-order valence-electron chi connectivity index (χ1n) is 10.1. The van der Waals surface area contributed by atoms with Crippen LogP contribution in [0.15, 0.2) is 47.4 Å². The summed E-state index contributed by atoms with van der Waals surface area (Å²) in [6, 6.07) is 11.3. The zero-order valence-corrected chi connectivity index (χ0v) is 17.9. The number of benzene rings is 2. The molecule has 4 rings (SSSR count). The zero-order chi connectivity index (χ0) is 22.0. The Hall–Kier alpha value is -3.13. The number of nitrogens with zero attached hydrogens (tertiary/aromatic N) is 2. The molecule has 8 heteroatoms. The molecular weight excluding hydrogens is 417 g/mol. The molecule has 0 aliphatic carbocycles. The first kappa shape index (κ1) is 21.1. The van der Waals surface area contributed by atoms with Gasteiger partial charge in [-0.2, -0.15) is 0 Å². The molecule has 31 heavy (non-hydrogen) atoms. The maximum atomic E-state index is 13.0. The molecule has 0 saturated carbocycles. The Labute approximate surface area is 184 Å². The van der Waals surface area contributed by atoms with E-state index in [0.717, 1.165) is 46.6 Å². The Balaban J connectivity index is 1.44. The van der Waals surface area contributed by atoms with Crippen molar-refractivity contribution in [2.45, 2.75) is 19.8 Å². The number of nitrogens with one attached hydrogen (secondary N) is 1. The standard InChI is InChI=1S/C23H22FN3O3S/c1-15-12-19(26-10-2-3-11-26)9-4-16(15)13-20-22(29)27(23(30)31-20)14-21(28)25-18-7-5-17(24)6-8-18/h4-9,12-13H,2-3,10-11,14H2,1H3,(H,25,28)/b20-13-. The summed E-state index contributed by atoms with van der Waals surface area (Å²) in [7, 11) is 0. The summed E-state index contributed by atoms with van der Waals surface area (Å²) in [5.74, 6) is -1.44. The van der Waals surface area contributed by atoms with E-state index >= 15 is 0 Å². The number of carbonyl (C=O) groups excluding carboxylic acids is 3. The highest BCUT2D eigenvalue weighted by Gasteiger charge is 2.36. The molecule has 2 heterocycles. The number of hydrogen-bond acceptors (Lipinski definition) is 5. The minimum absolute atomic E-state index is 0.289. The number of amides is 3. The van der Waals surface area contributed by atoms with Gasteiger partial charge < -0.3 is 10.2 Å². The molecule has 160 valence electrons. The molecule has 2 fully saturated rings. The van der Waals surface area contributed by atoms with Crippen LogP contribution in [0.1, 0.15) is 24.0 Å². The molecule has 2 aliphatic heterocycles. The van der Waals surface area contributed by atoms with Crippen LogP contribution < -0.4 is 10.2 Å². The summed E-state index contributed by atoms with van der Waals surface area (Å²) in [4.78, 5) is 40.8. The second-order valence-corrected chi connectivity index (χ2v) is 8.55. The van der Waals surface area contributed by atoms with Crippen LogP contribution in [0.5, 0.6) is 0 Å². The van der Waals surface area contributed by atoms with E-state index in [4.69, 9.17) is 0 Å². The first-order chi connectivity index (χ1) is 14.9. The van der Waals surface area contributed by atoms with Crippen molar-refractivity contribution in [3.8, 4) is 0 Å². The smallest absolute Gasteiger partial charge is 0.294 e. The largest absolute Gasteiger partial charge is 0.372 e. The molecule has 0 radical (unpaired) electrons. The molecule has 3 amide bonds. The number of rotatable bonds is 5. The van der Waals surface area contributed by atoms with Crippen LogP contribution in [-0.4, -0.2) is 41.6 Å². The van der Waals surface area contributed by atoms with Crippen LogP contribution in [-0.2, 0) is 9.59 Å². The van der Waals surface area contributed by atoms with Gasteiger partial charge in [0.15, 0.2) is 0 Å². The average molecular weight is 440 g/mol. The van der Waals surface area contributed by atoms with Crippen LogP contribution in [0, 0.1) is 12.7 Å². The van der Waals surface area contributed by atoms with Crippen molar-refractivity contribution in [2.24, 2.45) is 0 Å². The number of anilines is 2. The third-order valence-electron chi connectivity index (χ3n) is 5.31. The fraction of sp³-hybridized carbons (Fsp3) is 0.261. The van der Waals surface area contributed by atoms with Crippen molar-refractivity contribution in [2.75, 3.05) is 29.9 Å². The average Bonchev–Trinajstić information content (AvgIpc) is 3.36. The van der Waals surface area contributed by atoms with E-state index in [1.807, 2.05) is 19.1 Å². The maximum Gasteiger partial charge on any atom is 0.294 e. The molecule has 1 N–H and O–H groups in total. The predicted octanol–water partition coefficient (Wildman–Crippen LogP) is 4.41. The topological polar surface area (TPSA) is 69.7 Å². The SMILES string of the molecule is Cc1cc(N2CCCC2)ccc1/C=C1\SC(=O)N(CC(=O)Nc2ccc(F)cc2)C1=O. The fourth-order valence-corrected chi connectivity index (χ4v) is 4.48. The fourth-order valence-electron chi connectivity index (χ4n) is 3.65. The lowest BCUT2D eigenvalue weighted by Crippen LogP contribution is -2.36. The van der Waals surface area contributed by atoms with Gasteiger partial charge in [-0.3, -0.25) is 19.3 Å². The monoisotopic (exact) mass is 439 g/mol. The molecule has 0 aromatic heterocycles. The van der Waals surface area contributed by atoms with E-state index in [0.29, 0.717) is 5.69 Å². The van der Waals surface area contributed by atoms with Crippen molar-refractivity contribution in [3.63, 3.8) is 0 Å². The second kappa shape index (κ2) is 8.93. The van der Waals surface area contributed by atoms with Crippen molar-refractivity contribution >= 4 is 46.3 Å². The molecule has 0 bridgehead atoms. The Bertz CT molecular complexity index is 1060. The lowest BCUT2D eigenvalue weighted by atomic mass is 10.1. The highest BCUT2D eigenvalue weighted by molar-refractivity contribution is 8.18. The van der Waals surface area contributed by atoms with Gasteiger partial charge in [-0.25, -0.2) is 4.39 Å². The summed E-state index contributed by atoms with van der Waals surface area (Å²) < 4.78 is 13.0. The minimum Gasteiger partial charge on any atom is -0.372 e. The van der Waals surface area contributed by atoms with Crippen molar-refractivity contribution in [1.29, 1.82) is 0 Å². The van der Waals surface area contributed by atoms with Gasteiger partial charge >= 0.3 is 0 Å². The van der Waals surface area contributed by atoms with Gasteiger partial charge in [0.25, 0.3) is 11.1 Å². The van der Waals surface area contributed by atoms with Gasteiger partial charge in [0.1, 0.15) is 12.4 Å². The molecular formula is C23H22FN3O3S. The first-order valence-corrected chi connectivity index (χ1v) is 10.9. The van der Waals surface area contributed by atoms with Crippen molar-refractivity contribution in [1.82, 2.24) is 4.90 Å². The van der Waals surface area contributed by atoms with E-state index in [2.05, 4.69) is 16.3 Å². The molecule has 2 saturated heterocycles. The van der Waals surface area contributed by atoms with Crippen LogP contribution in [0.3, 0.4) is 0 Å². The maximum absolute atomic E-state index is 13.0. The Kier molecular flexibility index (Phi) is 6.08. The molecule has 2 aliphatic rings. The van der Waals surface area contributed by atoms with Gasteiger partial charge in [0.2, 0.25) is 5.91 Å². The number of aryl methyl sites for hydroxylation is 1. The highest BCUT2D eigenvalue weighted by atomic mass is 32.2. The van der Waals surface area contributed by atoms with Crippen LogP contribution in [0.25, 0.3) is 6.08 Å². The Morgan fingerprint density at radius 1 is 1.13 bits per heavy atom. The van der Waals surface area contributed by atoms with Crippen molar-refractivity contribution in [3.05, 3.63) is 64.3 Å². The Morgan fingerprint density at radius 3 is 2.52 bits per heavy atom. The third-order valence-corrected chi connectivity index (χ3v) is 6.22. The van der Waals surface area contributed by atoms with Gasteiger partial charge in [0, 0.05) is 24.5 Å². The van der Waals surface area contributed by atoms with Gasteiger partial charge in [0.05, 0.1) is 4.91 Å². The molecule has 2 aromatic carbocycles. The van der Waals surface area contributed by atoms with Gasteiger partial charge in [-0.1, -0.05) is 6.07 Å². The summed E-state index contributed by atoms with van der Waals surface area (Å²) in [5.41, 5.74) is 3.44. The molecule has 0 unspecified atom stereocenters. The number of imide groups is 1. The van der Waals surface area contributed by atoms with Crippen LogP contribution >= 0.6 is 11.8 Å². The summed E-state index contributed by atoms with van der Waals surface area (Å²) >= 11 is 0.824. The molecule has 0 atom stereocenters. The van der Waals surface area contributed by atoms with E-state index in [-0.39, 0.29) is 4.91 Å². The normalized spacial score (nSPS) is 17.7. The second-order valence-electron chi connectivity index (χ2n) is 7.56. The van der Waals surface area contributed by atoms with E-state index in [9.17, 15) is 18.8 Å². The third kappa shape index (κ3) is 4.80. The van der Waals surface area contributed by atoms with Gasteiger partial charge in [-0.15, -0.1) is 0 Å². The quantitative estimate of drug-likeness (QED) is 0.699. The van der Waals surface area contributed by atoms with Crippen LogP contribution in [0.2, 0.25) is 0 Å². The highest BCUT2D eigenvalue weighted by Crippen LogP contribution is 2.33. The number of carbonyl (C=O) groups is 3. The molecule has 0 spiro atoms. The van der Waals surface area contributed by atoms with Gasteiger partial charge in [-0.05, 0) is 85.1 Å². The van der Waals surface area contributed by atoms with Crippen molar-refractivity contribution < 1.29 is 18.8 Å². The summed E-state index contributed by atoms with van der Waals surface area (Å²) in [6.45, 7) is 3.69. The van der Waals surface area contributed by atoms with Crippen LogP contribution in [0.4, 0.5) is 20.6 Å². The zero-order valence-electron chi connectivity index (χ0n) is 17.1. The summed E-state index contributed by atoms with van der Waals surface area (Å²) in [5, 5.41) is 2.07. The predicted molar refractivity (Wildman–Crippen MR) is 120 cm³/mol.